The molecule has 0 aromatic heterocycles. The minimum absolute atomic E-state index is 0.0213. The molecule has 3 rings (SSSR count). The van der Waals surface area contributed by atoms with Gasteiger partial charge in [0.15, 0.2) is 6.61 Å². The van der Waals surface area contributed by atoms with Crippen molar-refractivity contribution < 1.29 is 14.3 Å². The second kappa shape index (κ2) is 9.25. The fourth-order valence-electron chi connectivity index (χ4n) is 3.01. The molecule has 1 heterocycles. The number of piperidine rings is 1. The molecule has 0 spiro atoms. The summed E-state index contributed by atoms with van der Waals surface area (Å²) in [4.78, 5) is 12.1. The number of benzene rings is 2. The summed E-state index contributed by atoms with van der Waals surface area (Å²) < 4.78 is 11.3. The second-order valence-electron chi connectivity index (χ2n) is 6.59. The molecule has 2 atom stereocenters. The lowest BCUT2D eigenvalue weighted by Gasteiger charge is -2.30. The average molecular weight is 354 g/mol. The van der Waals surface area contributed by atoms with Gasteiger partial charge in [0.05, 0.1) is 0 Å². The summed E-state index contributed by atoms with van der Waals surface area (Å²) in [6, 6.07) is 17.8. The number of hydrogen-bond acceptors (Lipinski definition) is 4. The van der Waals surface area contributed by atoms with Crippen LogP contribution in [-0.2, 0) is 11.4 Å². The molecular weight excluding hydrogens is 328 g/mol. The minimum Gasteiger partial charge on any atom is -0.489 e. The first kappa shape index (κ1) is 18.3. The Kier molecular flexibility index (Phi) is 6.50. The van der Waals surface area contributed by atoms with Crippen LogP contribution >= 0.6 is 0 Å². The molecule has 2 unspecified atom stereocenters. The Morgan fingerprint density at radius 2 is 1.77 bits per heavy atom. The van der Waals surface area contributed by atoms with Crippen LogP contribution in [0.25, 0.3) is 0 Å². The molecule has 5 nitrogen and oxygen atoms in total. The van der Waals surface area contributed by atoms with Gasteiger partial charge in [-0.2, -0.15) is 0 Å². The summed E-state index contributed by atoms with van der Waals surface area (Å²) in [6.07, 6.45) is 2.09. The van der Waals surface area contributed by atoms with Crippen LogP contribution < -0.4 is 20.1 Å². The molecule has 2 aromatic rings. The van der Waals surface area contributed by atoms with Crippen molar-refractivity contribution >= 4 is 5.91 Å². The molecule has 26 heavy (non-hydrogen) atoms. The number of hydrogen-bond donors (Lipinski definition) is 2. The third-order valence-electron chi connectivity index (χ3n) is 4.55. The molecular formula is C21H26N2O3. The van der Waals surface area contributed by atoms with E-state index in [4.69, 9.17) is 9.47 Å². The summed E-state index contributed by atoms with van der Waals surface area (Å²) in [6.45, 7) is 3.66. The van der Waals surface area contributed by atoms with Crippen molar-refractivity contribution in [3.8, 4) is 11.5 Å². The predicted octanol–water partition coefficient (Wildman–Crippen LogP) is 2.90. The van der Waals surface area contributed by atoms with E-state index in [1.165, 1.54) is 0 Å². The van der Waals surface area contributed by atoms with Crippen LogP contribution in [0.15, 0.2) is 54.6 Å². The Labute approximate surface area is 154 Å². The van der Waals surface area contributed by atoms with Crippen LogP contribution in [0.2, 0.25) is 0 Å². The first-order chi connectivity index (χ1) is 12.7. The zero-order valence-electron chi connectivity index (χ0n) is 15.1. The van der Waals surface area contributed by atoms with E-state index < -0.39 is 0 Å². The summed E-state index contributed by atoms with van der Waals surface area (Å²) in [5, 5.41) is 6.41. The Morgan fingerprint density at radius 1 is 1.08 bits per heavy atom. The van der Waals surface area contributed by atoms with E-state index in [-0.39, 0.29) is 18.6 Å². The van der Waals surface area contributed by atoms with Crippen molar-refractivity contribution in [2.45, 2.75) is 38.5 Å². The van der Waals surface area contributed by atoms with E-state index in [1.807, 2.05) is 54.6 Å². The van der Waals surface area contributed by atoms with Gasteiger partial charge in [-0.15, -0.1) is 0 Å². The standard InChI is InChI=1S/C21H26N2O3/c1-16-20(8-5-13-22-16)23-21(24)15-26-19-11-9-18(10-12-19)25-14-17-6-3-2-4-7-17/h2-4,6-7,9-12,16,20,22H,5,8,13-15H2,1H3,(H,23,24). The van der Waals surface area contributed by atoms with E-state index in [0.29, 0.717) is 18.4 Å². The van der Waals surface area contributed by atoms with Crippen LogP contribution in [0, 0.1) is 0 Å². The molecule has 138 valence electrons. The highest BCUT2D eigenvalue weighted by Gasteiger charge is 2.22. The lowest BCUT2D eigenvalue weighted by atomic mass is 10.00. The van der Waals surface area contributed by atoms with E-state index in [0.717, 1.165) is 30.7 Å². The lowest BCUT2D eigenvalue weighted by Crippen LogP contribution is -2.52. The second-order valence-corrected chi connectivity index (χ2v) is 6.59. The number of nitrogens with one attached hydrogen (secondary N) is 2. The Morgan fingerprint density at radius 3 is 2.46 bits per heavy atom. The number of amides is 1. The first-order valence-electron chi connectivity index (χ1n) is 9.13. The van der Waals surface area contributed by atoms with Gasteiger partial charge in [-0.1, -0.05) is 30.3 Å². The highest BCUT2D eigenvalue weighted by molar-refractivity contribution is 5.77. The van der Waals surface area contributed by atoms with Crippen molar-refractivity contribution in [3.63, 3.8) is 0 Å². The van der Waals surface area contributed by atoms with Crippen LogP contribution in [-0.4, -0.2) is 31.1 Å². The van der Waals surface area contributed by atoms with Gasteiger partial charge in [-0.3, -0.25) is 4.79 Å². The lowest BCUT2D eigenvalue weighted by molar-refractivity contribution is -0.124. The molecule has 1 fully saturated rings. The van der Waals surface area contributed by atoms with Crippen LogP contribution in [0.3, 0.4) is 0 Å². The van der Waals surface area contributed by atoms with Crippen LogP contribution in [0.4, 0.5) is 0 Å². The molecule has 1 aliphatic heterocycles. The van der Waals surface area contributed by atoms with Crippen molar-refractivity contribution in [2.75, 3.05) is 13.2 Å². The molecule has 1 amide bonds. The van der Waals surface area contributed by atoms with Gasteiger partial charge in [0.25, 0.3) is 5.91 Å². The van der Waals surface area contributed by atoms with Crippen molar-refractivity contribution in [2.24, 2.45) is 0 Å². The topological polar surface area (TPSA) is 59.6 Å². The molecule has 2 N–H and O–H groups in total. The largest absolute Gasteiger partial charge is 0.489 e. The minimum atomic E-state index is -0.0880. The fourth-order valence-corrected chi connectivity index (χ4v) is 3.01. The van der Waals surface area contributed by atoms with Crippen molar-refractivity contribution in [3.05, 3.63) is 60.2 Å². The molecule has 0 radical (unpaired) electrons. The SMILES string of the molecule is CC1NCCCC1NC(=O)COc1ccc(OCc2ccccc2)cc1. The van der Waals surface area contributed by atoms with E-state index in [9.17, 15) is 4.79 Å². The van der Waals surface area contributed by atoms with Crippen molar-refractivity contribution in [1.82, 2.24) is 10.6 Å². The van der Waals surface area contributed by atoms with Crippen LogP contribution in [0.5, 0.6) is 11.5 Å². The van der Waals surface area contributed by atoms with Crippen molar-refractivity contribution in [1.29, 1.82) is 0 Å². The third kappa shape index (κ3) is 5.49. The van der Waals surface area contributed by atoms with Gasteiger partial charge in [0.1, 0.15) is 18.1 Å². The number of rotatable bonds is 7. The summed E-state index contributed by atoms with van der Waals surface area (Å²) in [5.41, 5.74) is 1.12. The van der Waals surface area contributed by atoms with E-state index in [2.05, 4.69) is 17.6 Å². The molecule has 0 aliphatic carbocycles. The zero-order chi connectivity index (χ0) is 18.2. The molecule has 5 heteroatoms. The quantitative estimate of drug-likeness (QED) is 0.803. The first-order valence-corrected chi connectivity index (χ1v) is 9.13. The molecule has 0 saturated carbocycles. The monoisotopic (exact) mass is 354 g/mol. The van der Waals surface area contributed by atoms with E-state index >= 15 is 0 Å². The summed E-state index contributed by atoms with van der Waals surface area (Å²) >= 11 is 0. The smallest absolute Gasteiger partial charge is 0.258 e. The Balaban J connectivity index is 1.41. The zero-order valence-corrected chi connectivity index (χ0v) is 15.1. The molecule has 0 bridgehead atoms. The number of carbonyl (C=O) groups excluding carboxylic acids is 1. The Bertz CT molecular complexity index is 688. The molecule has 1 saturated heterocycles. The van der Waals surface area contributed by atoms with Gasteiger partial charge in [-0.05, 0) is 56.1 Å². The molecule has 2 aromatic carbocycles. The number of carbonyl (C=O) groups is 1. The highest BCUT2D eigenvalue weighted by atomic mass is 16.5. The highest BCUT2D eigenvalue weighted by Crippen LogP contribution is 2.18. The maximum atomic E-state index is 12.1. The third-order valence-corrected chi connectivity index (χ3v) is 4.55. The normalized spacial score (nSPS) is 19.6. The fraction of sp³-hybridized carbons (Fsp3) is 0.381. The van der Waals surface area contributed by atoms with Gasteiger partial charge < -0.3 is 20.1 Å². The Hall–Kier alpha value is -2.53. The average Bonchev–Trinajstić information content (AvgIpc) is 2.68. The van der Waals surface area contributed by atoms with Gasteiger partial charge in [-0.25, -0.2) is 0 Å². The predicted molar refractivity (Wildman–Crippen MR) is 101 cm³/mol. The molecule has 1 aliphatic rings. The summed E-state index contributed by atoms with van der Waals surface area (Å²) in [5.74, 6) is 1.34. The maximum Gasteiger partial charge on any atom is 0.258 e. The van der Waals surface area contributed by atoms with Crippen LogP contribution in [0.1, 0.15) is 25.3 Å². The summed E-state index contributed by atoms with van der Waals surface area (Å²) in [7, 11) is 0. The van der Waals surface area contributed by atoms with E-state index in [1.54, 1.807) is 0 Å². The van der Waals surface area contributed by atoms with Gasteiger partial charge in [0, 0.05) is 12.1 Å². The van der Waals surface area contributed by atoms with Gasteiger partial charge in [0.2, 0.25) is 0 Å². The maximum absolute atomic E-state index is 12.1. The number of ether oxygens (including phenoxy) is 2. The van der Waals surface area contributed by atoms with Gasteiger partial charge >= 0.3 is 0 Å².